The zero-order chi connectivity index (χ0) is 23.8. The Balaban J connectivity index is 1.28. The van der Waals surface area contributed by atoms with E-state index in [0.29, 0.717) is 60.8 Å². The third kappa shape index (κ3) is 4.82. The fourth-order valence-corrected chi connectivity index (χ4v) is 5.35. The minimum atomic E-state index is -1.04. The molecule has 34 heavy (non-hydrogen) atoms. The summed E-state index contributed by atoms with van der Waals surface area (Å²) in [7, 11) is 0. The van der Waals surface area contributed by atoms with Crippen molar-refractivity contribution in [3.63, 3.8) is 0 Å². The van der Waals surface area contributed by atoms with Gasteiger partial charge in [-0.25, -0.2) is 18.7 Å². The molecule has 2 aliphatic carbocycles. The van der Waals surface area contributed by atoms with Crippen molar-refractivity contribution >= 4 is 27.7 Å². The van der Waals surface area contributed by atoms with Crippen LogP contribution in [0.15, 0.2) is 29.0 Å². The lowest BCUT2D eigenvalue weighted by Crippen LogP contribution is -2.51. The van der Waals surface area contributed by atoms with Gasteiger partial charge in [0.2, 0.25) is 5.91 Å². The number of piperazine rings is 1. The van der Waals surface area contributed by atoms with Crippen LogP contribution in [0.4, 0.5) is 14.6 Å². The largest absolute Gasteiger partial charge is 0.353 e. The summed E-state index contributed by atoms with van der Waals surface area (Å²) in [5.74, 6) is 0.776. The molecule has 1 amide bonds. The summed E-state index contributed by atoms with van der Waals surface area (Å²) in [4.78, 5) is 26.2. The first kappa shape index (κ1) is 23.6. The zero-order valence-corrected chi connectivity index (χ0v) is 20.9. The van der Waals surface area contributed by atoms with E-state index < -0.39 is 12.1 Å². The number of alkyl halides is 1. The molecule has 1 saturated carbocycles. The average molecular weight is 534 g/mol. The standard InChI is InChI=1S/C25H30BrF2N5O/c1-15-10-21(28)23-22(15)24(31-14-30-23)32-6-8-33(9-7-32)25(34)18(13-29-12-16-2-3-16)17-4-5-19(26)20(27)11-17/h4-5,11,14-16,18,21,29H,2-3,6-10,12-13H2,1H3/t15-,18?,21-/m1/s1. The Labute approximate surface area is 207 Å². The first-order valence-electron chi connectivity index (χ1n) is 12.1. The van der Waals surface area contributed by atoms with Crippen molar-refractivity contribution in [2.45, 2.75) is 44.2 Å². The van der Waals surface area contributed by atoms with Crippen molar-refractivity contribution in [2.24, 2.45) is 5.92 Å². The third-order valence-electron chi connectivity index (χ3n) is 7.26. The van der Waals surface area contributed by atoms with Gasteiger partial charge >= 0.3 is 0 Å². The van der Waals surface area contributed by atoms with E-state index in [-0.39, 0.29) is 17.6 Å². The lowest BCUT2D eigenvalue weighted by atomic mass is 9.96. The molecule has 2 aromatic rings. The van der Waals surface area contributed by atoms with Crippen LogP contribution in [0.1, 0.15) is 61.0 Å². The number of carbonyl (C=O) groups excluding carboxylic acids is 1. The van der Waals surface area contributed by atoms with E-state index in [1.165, 1.54) is 25.2 Å². The van der Waals surface area contributed by atoms with Gasteiger partial charge < -0.3 is 15.1 Å². The molecule has 3 atom stereocenters. The minimum Gasteiger partial charge on any atom is -0.353 e. The molecule has 1 aromatic carbocycles. The van der Waals surface area contributed by atoms with E-state index in [2.05, 4.69) is 36.1 Å². The number of aromatic nitrogens is 2. The topological polar surface area (TPSA) is 61.4 Å². The predicted octanol–water partition coefficient (Wildman–Crippen LogP) is 4.33. The molecule has 2 heterocycles. The van der Waals surface area contributed by atoms with E-state index in [4.69, 9.17) is 0 Å². The van der Waals surface area contributed by atoms with Crippen molar-refractivity contribution in [3.8, 4) is 0 Å². The first-order valence-corrected chi connectivity index (χ1v) is 12.9. The Hall–Kier alpha value is -2.13. The van der Waals surface area contributed by atoms with Gasteiger partial charge in [-0.2, -0.15) is 0 Å². The van der Waals surface area contributed by atoms with Gasteiger partial charge in [-0.15, -0.1) is 0 Å². The second-order valence-electron chi connectivity index (χ2n) is 9.74. The molecule has 1 unspecified atom stereocenters. The van der Waals surface area contributed by atoms with Crippen LogP contribution < -0.4 is 10.2 Å². The number of carbonyl (C=O) groups is 1. The molecule has 0 bridgehead atoms. The van der Waals surface area contributed by atoms with Crippen LogP contribution in [-0.4, -0.2) is 60.0 Å². The number of hydrogen-bond acceptors (Lipinski definition) is 5. The molecule has 3 aliphatic rings. The molecule has 5 rings (SSSR count). The lowest BCUT2D eigenvalue weighted by Gasteiger charge is -2.38. The third-order valence-corrected chi connectivity index (χ3v) is 7.90. The number of anilines is 1. The van der Waals surface area contributed by atoms with E-state index in [1.807, 2.05) is 17.9 Å². The van der Waals surface area contributed by atoms with Gasteiger partial charge in [-0.1, -0.05) is 13.0 Å². The fourth-order valence-electron chi connectivity index (χ4n) is 5.10. The SMILES string of the molecule is C[C@@H]1C[C@@H](F)c2ncnc(N3CCN(C(=O)C(CNCC4CC4)c4ccc(Br)c(F)c4)CC3)c21. The van der Waals surface area contributed by atoms with Crippen LogP contribution in [0, 0.1) is 11.7 Å². The Morgan fingerprint density at radius 1 is 1.24 bits per heavy atom. The zero-order valence-electron chi connectivity index (χ0n) is 19.3. The second-order valence-corrected chi connectivity index (χ2v) is 10.6. The van der Waals surface area contributed by atoms with Crippen LogP contribution >= 0.6 is 15.9 Å². The van der Waals surface area contributed by atoms with Crippen LogP contribution in [0.5, 0.6) is 0 Å². The van der Waals surface area contributed by atoms with Crippen molar-refractivity contribution in [3.05, 3.63) is 51.6 Å². The smallest absolute Gasteiger partial charge is 0.231 e. The highest BCUT2D eigenvalue weighted by atomic mass is 79.9. The summed E-state index contributed by atoms with van der Waals surface area (Å²) >= 11 is 3.20. The number of fused-ring (bicyclic) bond motifs is 1. The molecule has 1 aliphatic heterocycles. The quantitative estimate of drug-likeness (QED) is 0.574. The van der Waals surface area contributed by atoms with Gasteiger partial charge in [-0.05, 0) is 71.3 Å². The number of nitrogens with one attached hydrogen (secondary N) is 1. The molecular formula is C25H30BrF2N5O. The van der Waals surface area contributed by atoms with E-state index in [9.17, 15) is 13.6 Å². The van der Waals surface area contributed by atoms with Gasteiger partial charge in [0.05, 0.1) is 16.1 Å². The first-order chi connectivity index (χ1) is 16.4. The van der Waals surface area contributed by atoms with Crippen molar-refractivity contribution in [1.29, 1.82) is 0 Å². The number of hydrogen-bond donors (Lipinski definition) is 1. The Morgan fingerprint density at radius 2 is 2.00 bits per heavy atom. The number of rotatable bonds is 7. The maximum Gasteiger partial charge on any atom is 0.231 e. The van der Waals surface area contributed by atoms with E-state index in [1.54, 1.807) is 6.07 Å². The number of nitrogens with zero attached hydrogens (tertiary/aromatic N) is 4. The summed E-state index contributed by atoms with van der Waals surface area (Å²) in [6.45, 7) is 5.73. The molecule has 1 aromatic heterocycles. The molecule has 9 heteroatoms. The Morgan fingerprint density at radius 3 is 2.71 bits per heavy atom. The molecule has 2 fully saturated rings. The van der Waals surface area contributed by atoms with Crippen LogP contribution in [0.2, 0.25) is 0 Å². The predicted molar refractivity (Wildman–Crippen MR) is 130 cm³/mol. The van der Waals surface area contributed by atoms with E-state index >= 15 is 0 Å². The second kappa shape index (κ2) is 9.85. The van der Waals surface area contributed by atoms with Gasteiger partial charge in [0.1, 0.15) is 24.1 Å². The summed E-state index contributed by atoms with van der Waals surface area (Å²) in [6.07, 6.45) is 3.31. The molecule has 6 nitrogen and oxygen atoms in total. The molecule has 0 spiro atoms. The summed E-state index contributed by atoms with van der Waals surface area (Å²) < 4.78 is 29.0. The average Bonchev–Trinajstić information content (AvgIpc) is 3.62. The Bertz CT molecular complexity index is 1060. The van der Waals surface area contributed by atoms with E-state index in [0.717, 1.165) is 17.9 Å². The highest BCUT2D eigenvalue weighted by molar-refractivity contribution is 9.10. The fraction of sp³-hybridized carbons (Fsp3) is 0.560. The van der Waals surface area contributed by atoms with Gasteiger partial charge in [0, 0.05) is 38.3 Å². The summed E-state index contributed by atoms with van der Waals surface area (Å²) in [5, 5.41) is 3.43. The molecule has 0 radical (unpaired) electrons. The number of benzene rings is 1. The van der Waals surface area contributed by atoms with Crippen molar-refractivity contribution in [1.82, 2.24) is 20.2 Å². The lowest BCUT2D eigenvalue weighted by molar-refractivity contribution is -0.133. The van der Waals surface area contributed by atoms with Crippen molar-refractivity contribution < 1.29 is 13.6 Å². The molecule has 1 saturated heterocycles. The molecule has 182 valence electrons. The Kier molecular flexibility index (Phi) is 6.84. The van der Waals surface area contributed by atoms with Gasteiger partial charge in [0.15, 0.2) is 0 Å². The van der Waals surface area contributed by atoms with Crippen LogP contribution in [0.3, 0.4) is 0 Å². The maximum atomic E-state index is 14.3. The summed E-state index contributed by atoms with van der Waals surface area (Å²) in [5.41, 5.74) is 2.10. The normalized spacial score (nSPS) is 23.2. The highest BCUT2D eigenvalue weighted by Crippen LogP contribution is 2.44. The van der Waals surface area contributed by atoms with Crippen LogP contribution in [0.25, 0.3) is 0 Å². The monoisotopic (exact) mass is 533 g/mol. The number of halogens is 3. The van der Waals surface area contributed by atoms with Gasteiger partial charge in [0.25, 0.3) is 0 Å². The van der Waals surface area contributed by atoms with Crippen molar-refractivity contribution in [2.75, 3.05) is 44.2 Å². The maximum absolute atomic E-state index is 14.3. The number of amides is 1. The molecule has 1 N–H and O–H groups in total. The highest BCUT2D eigenvalue weighted by Gasteiger charge is 2.36. The van der Waals surface area contributed by atoms with Gasteiger partial charge in [-0.3, -0.25) is 4.79 Å². The summed E-state index contributed by atoms with van der Waals surface area (Å²) in [6, 6.07) is 4.95. The molecular weight excluding hydrogens is 504 g/mol. The minimum absolute atomic E-state index is 0.00905. The van der Waals surface area contributed by atoms with Crippen LogP contribution in [-0.2, 0) is 4.79 Å².